The zero-order chi connectivity index (χ0) is 40.9. The van der Waals surface area contributed by atoms with Crippen LogP contribution in [0.1, 0.15) is 48.9 Å². The number of aliphatic imine (C=N–C) groups is 1. The Balaban J connectivity index is 1.46. The summed E-state index contributed by atoms with van der Waals surface area (Å²) >= 11 is 0. The Bertz CT molecular complexity index is 2450. The van der Waals surface area contributed by atoms with Crippen LogP contribution in [0.2, 0.25) is 0 Å². The number of carbonyl (C=O) groups is 2. The van der Waals surface area contributed by atoms with E-state index in [2.05, 4.69) is 111 Å². The third kappa shape index (κ3) is 8.81. The normalized spacial score (nSPS) is 16.7. The van der Waals surface area contributed by atoms with Crippen LogP contribution in [0.4, 0.5) is 5.69 Å². The van der Waals surface area contributed by atoms with E-state index in [1.54, 1.807) is 20.9 Å². The van der Waals surface area contributed by atoms with Gasteiger partial charge in [-0.15, -0.1) is 0 Å². The first kappa shape index (κ1) is 41.3. The summed E-state index contributed by atoms with van der Waals surface area (Å²) in [5.74, 6) is -0.244. The van der Waals surface area contributed by atoms with Crippen LogP contribution in [0.25, 0.3) is 27.1 Å². The van der Waals surface area contributed by atoms with E-state index < -0.39 is 7.14 Å². The summed E-state index contributed by atoms with van der Waals surface area (Å²) in [5, 5.41) is 19.5. The topological polar surface area (TPSA) is 115 Å². The highest BCUT2D eigenvalue weighted by Gasteiger charge is 2.37. The molecular formula is C47H55N6O3P. The molecule has 4 aromatic carbocycles. The lowest BCUT2D eigenvalue weighted by molar-refractivity contribution is -0.118. The minimum absolute atomic E-state index is 0.120. The van der Waals surface area contributed by atoms with Crippen molar-refractivity contribution in [3.63, 3.8) is 0 Å². The molecule has 57 heavy (non-hydrogen) atoms. The van der Waals surface area contributed by atoms with Crippen LogP contribution in [0.3, 0.4) is 0 Å². The molecule has 4 aromatic rings. The molecule has 10 heteroatoms. The molecule has 2 amide bonds. The van der Waals surface area contributed by atoms with Gasteiger partial charge in [0.25, 0.3) is 0 Å². The van der Waals surface area contributed by atoms with Gasteiger partial charge in [0, 0.05) is 74.8 Å². The molecule has 1 unspecified atom stereocenters. The van der Waals surface area contributed by atoms with Crippen LogP contribution in [0, 0.1) is 0 Å². The van der Waals surface area contributed by atoms with Crippen molar-refractivity contribution in [1.82, 2.24) is 21.3 Å². The molecule has 2 aliphatic rings. The number of nitrogens with zero attached hydrogens (tertiary/aromatic N) is 2. The Hall–Kier alpha value is -5.34. The van der Waals surface area contributed by atoms with Crippen LogP contribution in [-0.2, 0) is 27.2 Å². The molecule has 4 N–H and O–H groups in total. The Morgan fingerprint density at radius 3 is 1.89 bits per heavy atom. The summed E-state index contributed by atoms with van der Waals surface area (Å²) < 4.78 is 14.9. The van der Waals surface area contributed by atoms with Crippen LogP contribution in [-0.4, -0.2) is 71.5 Å². The van der Waals surface area contributed by atoms with E-state index >= 15 is 0 Å². The number of fused-ring (bicyclic) bond motifs is 4. The van der Waals surface area contributed by atoms with Crippen molar-refractivity contribution in [1.29, 1.82) is 0 Å². The molecule has 296 valence electrons. The van der Waals surface area contributed by atoms with Gasteiger partial charge in [0.15, 0.2) is 0 Å². The predicted molar refractivity (Wildman–Crippen MR) is 240 cm³/mol. The maximum Gasteiger partial charge on any atom is 0.246 e. The molecule has 6 rings (SSSR count). The van der Waals surface area contributed by atoms with Crippen molar-refractivity contribution in [2.75, 3.05) is 58.9 Å². The molecule has 9 nitrogen and oxygen atoms in total. The summed E-state index contributed by atoms with van der Waals surface area (Å²) in [6.45, 7) is 16.6. The Morgan fingerprint density at radius 2 is 1.33 bits per heavy atom. The molecule has 1 aliphatic carbocycles. The minimum Gasteiger partial charge on any atom is -0.378 e. The van der Waals surface area contributed by atoms with E-state index in [9.17, 15) is 14.2 Å². The first-order valence-electron chi connectivity index (χ1n) is 19.6. The van der Waals surface area contributed by atoms with Crippen molar-refractivity contribution < 1.29 is 14.2 Å². The van der Waals surface area contributed by atoms with Crippen LogP contribution >= 0.6 is 7.14 Å². The number of anilines is 1. The highest BCUT2D eigenvalue weighted by Crippen LogP contribution is 2.60. The molecule has 1 aliphatic heterocycles. The van der Waals surface area contributed by atoms with E-state index in [0.717, 1.165) is 81.0 Å². The fourth-order valence-electron chi connectivity index (χ4n) is 7.62. The maximum atomic E-state index is 14.9. The van der Waals surface area contributed by atoms with Gasteiger partial charge in [-0.1, -0.05) is 61.7 Å². The lowest BCUT2D eigenvalue weighted by Gasteiger charge is -2.32. The Kier molecular flexibility index (Phi) is 12.9. The second-order valence-corrected chi connectivity index (χ2v) is 18.0. The van der Waals surface area contributed by atoms with Gasteiger partial charge in [-0.2, -0.15) is 0 Å². The molecule has 0 bridgehead atoms. The number of benzene rings is 4. The van der Waals surface area contributed by atoms with Crippen molar-refractivity contribution in [2.24, 2.45) is 4.99 Å². The van der Waals surface area contributed by atoms with Gasteiger partial charge in [0.05, 0.1) is 5.71 Å². The van der Waals surface area contributed by atoms with Crippen LogP contribution in [0.5, 0.6) is 0 Å². The van der Waals surface area contributed by atoms with E-state index in [4.69, 9.17) is 0 Å². The number of allylic oxidation sites excluding steroid dienone is 5. The van der Waals surface area contributed by atoms with Gasteiger partial charge in [-0.05, 0) is 132 Å². The van der Waals surface area contributed by atoms with Gasteiger partial charge in [-0.3, -0.25) is 14.6 Å². The monoisotopic (exact) mass is 782 g/mol. The second kappa shape index (κ2) is 17.9. The fourth-order valence-corrected chi connectivity index (χ4v) is 9.93. The summed E-state index contributed by atoms with van der Waals surface area (Å²) in [7, 11) is 2.80. The van der Waals surface area contributed by atoms with Crippen LogP contribution < -0.4 is 31.5 Å². The Morgan fingerprint density at radius 1 is 0.754 bits per heavy atom. The third-order valence-electron chi connectivity index (χ3n) is 10.7. The third-order valence-corrected chi connectivity index (χ3v) is 13.3. The SMILES string of the molecule is C=C(C)C(=O)NCCCNCc1c2ccccc2c(CNCCCNC(=O)C(=C)C)c2cc(C3=C4C=CC(=NC)C=C4P(C)(=O)c4cc(N(C)C)ccc43)ccc12. The van der Waals surface area contributed by atoms with Crippen molar-refractivity contribution in [3.05, 3.63) is 136 Å². The van der Waals surface area contributed by atoms with Gasteiger partial charge in [0.2, 0.25) is 11.8 Å². The van der Waals surface area contributed by atoms with Crippen LogP contribution in [0.15, 0.2) is 119 Å². The summed E-state index contributed by atoms with van der Waals surface area (Å²) in [4.78, 5) is 30.6. The van der Waals surface area contributed by atoms with Crippen molar-refractivity contribution >= 4 is 62.8 Å². The highest BCUT2D eigenvalue weighted by atomic mass is 31.2. The van der Waals surface area contributed by atoms with E-state index in [1.165, 1.54) is 21.9 Å². The molecule has 0 saturated carbocycles. The number of carbonyl (C=O) groups excluding carboxylic acids is 2. The van der Waals surface area contributed by atoms with Gasteiger partial charge >= 0.3 is 0 Å². The second-order valence-electron chi connectivity index (χ2n) is 15.2. The van der Waals surface area contributed by atoms with Crippen molar-refractivity contribution in [2.45, 2.75) is 39.8 Å². The first-order valence-corrected chi connectivity index (χ1v) is 21.8. The average Bonchev–Trinajstić information content (AvgIpc) is 3.20. The molecular weight excluding hydrogens is 728 g/mol. The molecule has 1 heterocycles. The predicted octanol–water partition coefficient (Wildman–Crippen LogP) is 7.36. The largest absolute Gasteiger partial charge is 0.378 e. The number of nitrogens with one attached hydrogen (secondary N) is 4. The molecule has 0 radical (unpaired) electrons. The van der Waals surface area contributed by atoms with Crippen molar-refractivity contribution in [3.8, 4) is 0 Å². The number of rotatable bonds is 16. The zero-order valence-electron chi connectivity index (χ0n) is 34.1. The summed E-state index contributed by atoms with van der Waals surface area (Å²) in [5.41, 5.74) is 9.27. The maximum absolute atomic E-state index is 14.9. The lowest BCUT2D eigenvalue weighted by Crippen LogP contribution is -2.27. The minimum atomic E-state index is -2.98. The van der Waals surface area contributed by atoms with E-state index in [-0.39, 0.29) is 11.8 Å². The van der Waals surface area contributed by atoms with E-state index in [1.807, 2.05) is 32.9 Å². The van der Waals surface area contributed by atoms with E-state index in [0.29, 0.717) is 37.3 Å². The lowest BCUT2D eigenvalue weighted by atomic mass is 9.86. The van der Waals surface area contributed by atoms with Gasteiger partial charge in [0.1, 0.15) is 7.14 Å². The number of hydrogen-bond acceptors (Lipinski definition) is 7. The average molecular weight is 783 g/mol. The fraction of sp³-hybridized carbons (Fsp3) is 0.298. The Labute approximate surface area is 337 Å². The zero-order valence-corrected chi connectivity index (χ0v) is 35.0. The number of hydrogen-bond donors (Lipinski definition) is 4. The summed E-state index contributed by atoms with van der Waals surface area (Å²) in [6.07, 6.45) is 7.65. The molecule has 0 fully saturated rings. The molecule has 0 aromatic heterocycles. The van der Waals surface area contributed by atoms with Gasteiger partial charge < -0.3 is 30.7 Å². The molecule has 0 saturated heterocycles. The standard InChI is InChI=1S/C47H55N6O3P/c1-30(2)46(54)51-23-11-21-49-28-41-35-13-9-10-14-36(35)42(29-50-22-12-24-52-47(55)31(3)4)40-25-32(15-18-37(40)41)45-38-19-16-33(48-5)26-43(38)57(8,56)44-27-34(53(6)7)17-20-39(44)45/h9-10,13-20,25-27,49-50H,1,3,11-12,21-24,28-29H2,2,4-8H3,(H,51,54)(H,52,55). The smallest absolute Gasteiger partial charge is 0.246 e. The number of amides is 2. The highest BCUT2D eigenvalue weighted by molar-refractivity contribution is 7.75. The first-order chi connectivity index (χ1) is 27.3. The molecule has 0 spiro atoms. The molecule has 1 atom stereocenters. The summed E-state index contributed by atoms with van der Waals surface area (Å²) in [6, 6.07) is 21.7. The quantitative estimate of drug-likeness (QED) is 0.0409. The van der Waals surface area contributed by atoms with Gasteiger partial charge in [-0.25, -0.2) is 0 Å².